The minimum Gasteiger partial charge on any atom is -0.356 e. The molecule has 4 rings (SSSR count). The van der Waals surface area contributed by atoms with Crippen LogP contribution in [0.2, 0.25) is 9.36 Å². The number of aryl methyl sites for hydroxylation is 1. The van der Waals surface area contributed by atoms with Gasteiger partial charge < -0.3 is 14.3 Å². The molecule has 0 aromatic carbocycles. The van der Waals surface area contributed by atoms with Crippen LogP contribution in [0.5, 0.6) is 0 Å². The van der Waals surface area contributed by atoms with Crippen molar-refractivity contribution < 1.29 is 17.7 Å². The van der Waals surface area contributed by atoms with Gasteiger partial charge in [-0.15, -0.1) is 11.3 Å². The first-order valence-electron chi connectivity index (χ1n) is 9.14. The van der Waals surface area contributed by atoms with Gasteiger partial charge in [0.05, 0.1) is 15.1 Å². The van der Waals surface area contributed by atoms with E-state index in [0.717, 1.165) is 17.0 Å². The van der Waals surface area contributed by atoms with Crippen molar-refractivity contribution >= 4 is 56.4 Å². The van der Waals surface area contributed by atoms with Gasteiger partial charge >= 0.3 is 6.03 Å². The van der Waals surface area contributed by atoms with Crippen LogP contribution in [0.15, 0.2) is 39.2 Å². The first kappa shape index (κ1) is 21.9. The average Bonchev–Trinajstić information content (AvgIpc) is 3.36. The Bertz CT molecular complexity index is 1220. The van der Waals surface area contributed by atoms with Crippen LogP contribution in [0.25, 0.3) is 11.3 Å². The quantitative estimate of drug-likeness (QED) is 0.580. The van der Waals surface area contributed by atoms with Gasteiger partial charge in [0, 0.05) is 44.0 Å². The summed E-state index contributed by atoms with van der Waals surface area (Å²) in [5.41, 5.74) is 1.47. The number of hydrogen-bond acceptors (Lipinski definition) is 8. The van der Waals surface area contributed by atoms with Crippen molar-refractivity contribution in [3.05, 3.63) is 45.5 Å². The molecule has 1 N–H and O–H groups in total. The van der Waals surface area contributed by atoms with Crippen molar-refractivity contribution in [1.82, 2.24) is 19.8 Å². The molecule has 1 fully saturated rings. The molecule has 0 aliphatic carbocycles. The Hall–Kier alpha value is -2.34. The van der Waals surface area contributed by atoms with Gasteiger partial charge in [0.15, 0.2) is 5.76 Å². The molecule has 1 aliphatic heterocycles. The summed E-state index contributed by atoms with van der Waals surface area (Å²) in [4.78, 5) is 20.3. The molecule has 1 aliphatic rings. The number of anilines is 1. The third-order valence-electron chi connectivity index (χ3n) is 4.64. The second-order valence-electron chi connectivity index (χ2n) is 6.81. The third-order valence-corrected chi connectivity index (χ3v) is 7.96. The summed E-state index contributed by atoms with van der Waals surface area (Å²) in [6.45, 7) is 3.35. The van der Waals surface area contributed by atoms with Gasteiger partial charge in [0.25, 0.3) is 10.0 Å². The number of urea groups is 1. The van der Waals surface area contributed by atoms with Gasteiger partial charge in [-0.25, -0.2) is 22.9 Å². The zero-order valence-electron chi connectivity index (χ0n) is 16.2. The number of hydrogen-bond donors (Lipinski definition) is 1. The normalized spacial score (nSPS) is 14.7. The topological polar surface area (TPSA) is 109 Å². The zero-order valence-corrected chi connectivity index (χ0v) is 19.4. The molecule has 0 spiro atoms. The number of nitrogens with zero attached hydrogens (tertiary/aromatic N) is 4. The van der Waals surface area contributed by atoms with Gasteiger partial charge in [0.1, 0.15) is 10.0 Å². The number of pyridine rings is 1. The van der Waals surface area contributed by atoms with E-state index in [1.165, 1.54) is 17.0 Å². The molecule has 0 bridgehead atoms. The summed E-state index contributed by atoms with van der Waals surface area (Å²) in [5, 5.41) is 4.30. The summed E-state index contributed by atoms with van der Waals surface area (Å²) in [6, 6.07) is 5.69. The molecule has 4 heterocycles. The number of carbonyl (C=O) groups excluding carboxylic acids is 1. The first-order chi connectivity index (χ1) is 14.7. The molecular weight excluding hydrogens is 485 g/mol. The van der Waals surface area contributed by atoms with Gasteiger partial charge in [-0.05, 0) is 25.1 Å². The van der Waals surface area contributed by atoms with Crippen LogP contribution >= 0.6 is 34.5 Å². The third kappa shape index (κ3) is 4.79. The fraction of sp³-hybridized carbons (Fsp3) is 0.278. The highest BCUT2D eigenvalue weighted by Crippen LogP contribution is 2.30. The number of nitrogens with one attached hydrogen (secondary N) is 1. The minimum atomic E-state index is -3.96. The second-order valence-corrected chi connectivity index (χ2v) is 10.8. The predicted octanol–water partition coefficient (Wildman–Crippen LogP) is 3.63. The Morgan fingerprint density at radius 2 is 1.94 bits per heavy atom. The lowest BCUT2D eigenvalue weighted by atomic mass is 10.2. The Balaban J connectivity index is 1.39. The van der Waals surface area contributed by atoms with Crippen LogP contribution in [-0.4, -0.2) is 55.7 Å². The SMILES string of the molecule is Cc1cc(-c2cnc(N3CCN(C(=O)NS(=O)(=O)c4ccc(Cl)s4)CC3)c(Cl)c2)on1. The van der Waals surface area contributed by atoms with Crippen molar-refractivity contribution in [2.75, 3.05) is 31.1 Å². The van der Waals surface area contributed by atoms with E-state index in [0.29, 0.717) is 52.7 Å². The van der Waals surface area contributed by atoms with Gasteiger partial charge in [-0.2, -0.15) is 0 Å². The lowest BCUT2D eigenvalue weighted by molar-refractivity contribution is 0.200. The predicted molar refractivity (Wildman–Crippen MR) is 118 cm³/mol. The van der Waals surface area contributed by atoms with Crippen LogP contribution in [0.1, 0.15) is 5.69 Å². The number of thiophene rings is 1. The van der Waals surface area contributed by atoms with Crippen LogP contribution in [0.3, 0.4) is 0 Å². The number of halogens is 2. The molecule has 3 aromatic rings. The van der Waals surface area contributed by atoms with E-state index in [4.69, 9.17) is 27.7 Å². The molecule has 31 heavy (non-hydrogen) atoms. The zero-order chi connectivity index (χ0) is 22.2. The number of rotatable bonds is 4. The smallest absolute Gasteiger partial charge is 0.331 e. The van der Waals surface area contributed by atoms with Crippen molar-refractivity contribution in [3.8, 4) is 11.3 Å². The second kappa shape index (κ2) is 8.65. The maximum atomic E-state index is 12.4. The molecule has 13 heteroatoms. The fourth-order valence-corrected chi connectivity index (χ4v) is 5.83. The summed E-state index contributed by atoms with van der Waals surface area (Å²) < 4.78 is 32.3. The maximum absolute atomic E-state index is 12.4. The van der Waals surface area contributed by atoms with Crippen LogP contribution in [-0.2, 0) is 10.0 Å². The Kier molecular flexibility index (Phi) is 6.11. The highest BCUT2D eigenvalue weighted by Gasteiger charge is 2.27. The van der Waals surface area contributed by atoms with Crippen molar-refractivity contribution in [2.45, 2.75) is 11.1 Å². The summed E-state index contributed by atoms with van der Waals surface area (Å²) in [7, 11) is -3.96. The molecule has 9 nitrogen and oxygen atoms in total. The monoisotopic (exact) mass is 501 g/mol. The van der Waals surface area contributed by atoms with Crippen LogP contribution in [0.4, 0.5) is 10.6 Å². The Labute approximate surface area is 192 Å². The van der Waals surface area contributed by atoms with Gasteiger partial charge in [0.2, 0.25) is 0 Å². The molecule has 164 valence electrons. The number of sulfonamides is 1. The molecule has 2 amide bonds. The number of amides is 2. The number of piperazine rings is 1. The van der Waals surface area contributed by atoms with E-state index >= 15 is 0 Å². The van der Waals surface area contributed by atoms with E-state index in [1.54, 1.807) is 18.3 Å². The molecule has 0 atom stereocenters. The van der Waals surface area contributed by atoms with Crippen molar-refractivity contribution in [1.29, 1.82) is 0 Å². The average molecular weight is 502 g/mol. The summed E-state index contributed by atoms with van der Waals surface area (Å²) in [5.74, 6) is 1.16. The Morgan fingerprint density at radius 1 is 1.19 bits per heavy atom. The van der Waals surface area contributed by atoms with Crippen LogP contribution < -0.4 is 9.62 Å². The van der Waals surface area contributed by atoms with Crippen molar-refractivity contribution in [2.24, 2.45) is 0 Å². The van der Waals surface area contributed by atoms with E-state index in [2.05, 4.69) is 14.9 Å². The van der Waals surface area contributed by atoms with E-state index in [-0.39, 0.29) is 4.21 Å². The molecule has 3 aromatic heterocycles. The molecule has 0 radical (unpaired) electrons. The summed E-state index contributed by atoms with van der Waals surface area (Å²) in [6.07, 6.45) is 1.65. The standard InChI is InChI=1S/C18H17Cl2N5O4S2/c1-11-8-14(29-22-11)12-9-13(19)17(21-10-12)24-4-6-25(7-5-24)18(26)23-31(27,28)16-3-2-15(20)30-16/h2-3,8-10H,4-7H2,1H3,(H,23,26). The number of carbonyl (C=O) groups is 1. The minimum absolute atomic E-state index is 0.0116. The van der Waals surface area contributed by atoms with Crippen molar-refractivity contribution in [3.63, 3.8) is 0 Å². The van der Waals surface area contributed by atoms with E-state index in [1.807, 2.05) is 11.8 Å². The molecule has 0 unspecified atom stereocenters. The van der Waals surface area contributed by atoms with Gasteiger partial charge in [-0.3, -0.25) is 0 Å². The van der Waals surface area contributed by atoms with E-state index < -0.39 is 16.1 Å². The lowest BCUT2D eigenvalue weighted by Gasteiger charge is -2.35. The highest BCUT2D eigenvalue weighted by atomic mass is 35.5. The largest absolute Gasteiger partial charge is 0.356 e. The Morgan fingerprint density at radius 3 is 2.52 bits per heavy atom. The molecular formula is C18H17Cl2N5O4S2. The van der Waals surface area contributed by atoms with Gasteiger partial charge in [-0.1, -0.05) is 28.4 Å². The van der Waals surface area contributed by atoms with Crippen LogP contribution in [0, 0.1) is 6.92 Å². The maximum Gasteiger partial charge on any atom is 0.331 e. The molecule has 1 saturated heterocycles. The first-order valence-corrected chi connectivity index (χ1v) is 12.2. The lowest BCUT2D eigenvalue weighted by Crippen LogP contribution is -2.52. The molecule has 0 saturated carbocycles. The fourth-order valence-electron chi connectivity index (χ4n) is 3.09. The number of aromatic nitrogens is 2. The highest BCUT2D eigenvalue weighted by molar-refractivity contribution is 7.92. The van der Waals surface area contributed by atoms with E-state index in [9.17, 15) is 13.2 Å². The summed E-state index contributed by atoms with van der Waals surface area (Å²) >= 11 is 13.1.